The van der Waals surface area contributed by atoms with Crippen LogP contribution in [-0.2, 0) is 17.6 Å². The van der Waals surface area contributed by atoms with Gasteiger partial charge in [-0.15, -0.1) is 0 Å². The first-order valence-corrected chi connectivity index (χ1v) is 10.6. The number of para-hydroxylation sites is 1. The maximum atomic E-state index is 13.4. The van der Waals surface area contributed by atoms with E-state index in [1.165, 1.54) is 6.07 Å². The highest BCUT2D eigenvalue weighted by Gasteiger charge is 2.22. The van der Waals surface area contributed by atoms with Crippen molar-refractivity contribution in [2.75, 3.05) is 26.2 Å². The summed E-state index contributed by atoms with van der Waals surface area (Å²) in [7, 11) is 0. The first-order valence-electron chi connectivity index (χ1n) is 10.6. The number of aryl methyl sites for hydroxylation is 2. The number of nitrogens with zero attached hydrogens (tertiary/aromatic N) is 1. The summed E-state index contributed by atoms with van der Waals surface area (Å²) < 4.78 is 19.4. The molecule has 2 aromatic carbocycles. The standard InChI is InChI=1S/C24H31FN2O2/c25-22-8-5-6-19(18-22)10-11-20-7-1-2-9-23(20)29-17-4-3-14-27-15-12-21(13-16-27)24(26)28/h1-2,5-9,18,21H,3-4,10-17H2,(H2,26,28). The van der Waals surface area contributed by atoms with Crippen molar-refractivity contribution in [1.29, 1.82) is 0 Å². The van der Waals surface area contributed by atoms with Crippen LogP contribution in [0.5, 0.6) is 5.75 Å². The lowest BCUT2D eigenvalue weighted by molar-refractivity contribution is -0.123. The molecule has 1 aliphatic rings. The lowest BCUT2D eigenvalue weighted by Crippen LogP contribution is -2.38. The molecule has 0 unspecified atom stereocenters. The van der Waals surface area contributed by atoms with E-state index in [0.717, 1.165) is 75.0 Å². The smallest absolute Gasteiger partial charge is 0.220 e. The molecular weight excluding hydrogens is 367 g/mol. The molecule has 0 aliphatic carbocycles. The van der Waals surface area contributed by atoms with E-state index in [4.69, 9.17) is 10.5 Å². The van der Waals surface area contributed by atoms with Crippen molar-refractivity contribution in [1.82, 2.24) is 4.90 Å². The molecule has 1 aliphatic heterocycles. The van der Waals surface area contributed by atoms with Gasteiger partial charge in [0.25, 0.3) is 0 Å². The van der Waals surface area contributed by atoms with Crippen molar-refractivity contribution >= 4 is 5.91 Å². The van der Waals surface area contributed by atoms with Gasteiger partial charge in [-0.3, -0.25) is 4.79 Å². The average molecular weight is 399 g/mol. The number of benzene rings is 2. The molecule has 2 N–H and O–H groups in total. The summed E-state index contributed by atoms with van der Waals surface area (Å²) in [6, 6.07) is 14.9. The van der Waals surface area contributed by atoms with Gasteiger partial charge in [0.15, 0.2) is 0 Å². The number of likely N-dealkylation sites (tertiary alicyclic amines) is 1. The van der Waals surface area contributed by atoms with Crippen molar-refractivity contribution in [2.24, 2.45) is 11.7 Å². The van der Waals surface area contributed by atoms with Crippen molar-refractivity contribution in [2.45, 2.75) is 38.5 Å². The van der Waals surface area contributed by atoms with Gasteiger partial charge in [0.1, 0.15) is 11.6 Å². The molecule has 29 heavy (non-hydrogen) atoms. The zero-order valence-corrected chi connectivity index (χ0v) is 17.0. The van der Waals surface area contributed by atoms with Gasteiger partial charge in [0.2, 0.25) is 5.91 Å². The Balaban J connectivity index is 1.37. The molecule has 3 rings (SSSR count). The number of piperidine rings is 1. The van der Waals surface area contributed by atoms with Crippen LogP contribution in [0.25, 0.3) is 0 Å². The predicted molar refractivity (Wildman–Crippen MR) is 113 cm³/mol. The predicted octanol–water partition coefficient (Wildman–Crippen LogP) is 3.97. The van der Waals surface area contributed by atoms with Crippen molar-refractivity contribution in [3.63, 3.8) is 0 Å². The first kappa shape index (κ1) is 21.3. The van der Waals surface area contributed by atoms with Crippen LogP contribution in [0.4, 0.5) is 4.39 Å². The van der Waals surface area contributed by atoms with Crippen molar-refractivity contribution < 1.29 is 13.9 Å². The molecule has 0 bridgehead atoms. The summed E-state index contributed by atoms with van der Waals surface area (Å²) in [4.78, 5) is 13.6. The molecule has 5 heteroatoms. The lowest BCUT2D eigenvalue weighted by Gasteiger charge is -2.30. The Labute approximate surface area is 172 Å². The van der Waals surface area contributed by atoms with Crippen LogP contribution in [0.3, 0.4) is 0 Å². The highest BCUT2D eigenvalue weighted by atomic mass is 19.1. The summed E-state index contributed by atoms with van der Waals surface area (Å²) in [6.07, 6.45) is 5.45. The van der Waals surface area contributed by atoms with Gasteiger partial charge in [0, 0.05) is 5.92 Å². The van der Waals surface area contributed by atoms with E-state index in [-0.39, 0.29) is 17.6 Å². The summed E-state index contributed by atoms with van der Waals surface area (Å²) >= 11 is 0. The van der Waals surface area contributed by atoms with E-state index in [9.17, 15) is 9.18 Å². The molecule has 1 heterocycles. The molecule has 2 aromatic rings. The largest absolute Gasteiger partial charge is 0.493 e. The fourth-order valence-corrected chi connectivity index (χ4v) is 3.88. The Morgan fingerprint density at radius 2 is 1.86 bits per heavy atom. The maximum absolute atomic E-state index is 13.4. The van der Waals surface area contributed by atoms with Gasteiger partial charge in [-0.05, 0) is 87.5 Å². The molecule has 4 nitrogen and oxygen atoms in total. The number of hydrogen-bond acceptors (Lipinski definition) is 3. The molecule has 156 valence electrons. The summed E-state index contributed by atoms with van der Waals surface area (Å²) in [5.41, 5.74) is 7.55. The highest BCUT2D eigenvalue weighted by molar-refractivity contribution is 5.76. The Morgan fingerprint density at radius 1 is 1.07 bits per heavy atom. The monoisotopic (exact) mass is 398 g/mol. The van der Waals surface area contributed by atoms with Gasteiger partial charge in [-0.25, -0.2) is 4.39 Å². The average Bonchev–Trinajstić information content (AvgIpc) is 2.73. The number of hydrogen-bond donors (Lipinski definition) is 1. The van der Waals surface area contributed by atoms with Gasteiger partial charge >= 0.3 is 0 Å². The summed E-state index contributed by atoms with van der Waals surface area (Å²) in [5, 5.41) is 0. The van der Waals surface area contributed by atoms with E-state index in [0.29, 0.717) is 6.61 Å². The molecular formula is C24H31FN2O2. The third-order valence-electron chi connectivity index (χ3n) is 5.66. The number of unbranched alkanes of at least 4 members (excludes halogenated alkanes) is 1. The highest BCUT2D eigenvalue weighted by Crippen LogP contribution is 2.21. The number of carbonyl (C=O) groups excluding carboxylic acids is 1. The van der Waals surface area contributed by atoms with Crippen LogP contribution >= 0.6 is 0 Å². The zero-order chi connectivity index (χ0) is 20.5. The molecule has 0 aromatic heterocycles. The quantitative estimate of drug-likeness (QED) is 0.616. The van der Waals surface area contributed by atoms with Crippen LogP contribution in [0.2, 0.25) is 0 Å². The maximum Gasteiger partial charge on any atom is 0.220 e. The fourth-order valence-electron chi connectivity index (χ4n) is 3.88. The topological polar surface area (TPSA) is 55.6 Å². The Morgan fingerprint density at radius 3 is 2.62 bits per heavy atom. The third kappa shape index (κ3) is 6.86. The van der Waals surface area contributed by atoms with Gasteiger partial charge in [-0.2, -0.15) is 0 Å². The summed E-state index contributed by atoms with van der Waals surface area (Å²) in [6.45, 7) is 3.64. The Kier molecular flexibility index (Phi) is 8.05. The van der Waals surface area contributed by atoms with Crippen LogP contribution in [0.15, 0.2) is 48.5 Å². The SMILES string of the molecule is NC(=O)C1CCN(CCCCOc2ccccc2CCc2cccc(F)c2)CC1. The van der Waals surface area contributed by atoms with E-state index in [2.05, 4.69) is 11.0 Å². The number of carbonyl (C=O) groups is 1. The number of amides is 1. The van der Waals surface area contributed by atoms with Crippen molar-refractivity contribution in [3.05, 3.63) is 65.5 Å². The van der Waals surface area contributed by atoms with E-state index >= 15 is 0 Å². The van der Waals surface area contributed by atoms with Gasteiger partial charge in [-0.1, -0.05) is 30.3 Å². The molecule has 1 fully saturated rings. The molecule has 0 atom stereocenters. The second-order valence-electron chi connectivity index (χ2n) is 7.81. The molecule has 0 saturated carbocycles. The van der Waals surface area contributed by atoms with Crippen LogP contribution in [-0.4, -0.2) is 37.0 Å². The second kappa shape index (κ2) is 11.0. The number of rotatable bonds is 10. The minimum atomic E-state index is -0.189. The summed E-state index contributed by atoms with van der Waals surface area (Å²) in [5.74, 6) is 0.629. The van der Waals surface area contributed by atoms with Crippen LogP contribution < -0.4 is 10.5 Å². The second-order valence-corrected chi connectivity index (χ2v) is 7.81. The molecule has 1 saturated heterocycles. The molecule has 0 spiro atoms. The van der Waals surface area contributed by atoms with E-state index in [1.54, 1.807) is 12.1 Å². The van der Waals surface area contributed by atoms with E-state index in [1.807, 2.05) is 24.3 Å². The van der Waals surface area contributed by atoms with Gasteiger partial charge in [0.05, 0.1) is 6.61 Å². The number of ether oxygens (including phenoxy) is 1. The minimum absolute atomic E-state index is 0.0541. The molecule has 0 radical (unpaired) electrons. The first-order chi connectivity index (χ1) is 14.1. The van der Waals surface area contributed by atoms with Gasteiger partial charge < -0.3 is 15.4 Å². The fraction of sp³-hybridized carbons (Fsp3) is 0.458. The normalized spacial score (nSPS) is 15.3. The molecule has 1 amide bonds. The Hall–Kier alpha value is -2.40. The minimum Gasteiger partial charge on any atom is -0.493 e. The number of halogens is 1. The third-order valence-corrected chi connectivity index (χ3v) is 5.66. The van der Waals surface area contributed by atoms with Crippen LogP contribution in [0.1, 0.15) is 36.8 Å². The van der Waals surface area contributed by atoms with Crippen molar-refractivity contribution in [3.8, 4) is 5.75 Å². The zero-order valence-electron chi connectivity index (χ0n) is 17.0. The number of nitrogens with two attached hydrogens (primary N) is 1. The van der Waals surface area contributed by atoms with E-state index < -0.39 is 0 Å². The van der Waals surface area contributed by atoms with Crippen LogP contribution in [0, 0.1) is 11.7 Å². The Bertz CT molecular complexity index is 788. The number of primary amides is 1. The lowest BCUT2D eigenvalue weighted by atomic mass is 9.96.